The number of nitrogens with zero attached hydrogens (tertiary/aromatic N) is 3. The van der Waals surface area contributed by atoms with Gasteiger partial charge in [0.1, 0.15) is 17.7 Å². The molecule has 0 spiro atoms. The predicted molar refractivity (Wildman–Crippen MR) is 174 cm³/mol. The maximum atomic E-state index is 15.2. The third-order valence-electron chi connectivity index (χ3n) is 7.91. The summed E-state index contributed by atoms with van der Waals surface area (Å²) in [7, 11) is 4.50. The molecule has 1 atom stereocenters. The second-order valence-corrected chi connectivity index (χ2v) is 11.1. The zero-order chi connectivity index (χ0) is 33.2. The number of imidazole rings is 1. The number of ether oxygens (including phenoxy) is 4. The number of aromatic nitrogens is 2. The molecule has 2 N–H and O–H groups in total. The Morgan fingerprint density at radius 2 is 1.72 bits per heavy atom. The highest BCUT2D eigenvalue weighted by Crippen LogP contribution is 2.33. The van der Waals surface area contributed by atoms with E-state index in [1.165, 1.54) is 20.3 Å². The van der Waals surface area contributed by atoms with E-state index in [2.05, 4.69) is 15.6 Å². The van der Waals surface area contributed by atoms with Gasteiger partial charge in [-0.1, -0.05) is 30.3 Å². The van der Waals surface area contributed by atoms with E-state index in [4.69, 9.17) is 18.9 Å². The normalized spacial score (nSPS) is 16.5. The Balaban J connectivity index is 1.43. The van der Waals surface area contributed by atoms with E-state index in [1.807, 2.05) is 64.2 Å². The molecular weight excluding hydrogens is 605 g/mol. The van der Waals surface area contributed by atoms with Crippen molar-refractivity contribution in [2.45, 2.75) is 32.0 Å². The number of hydrogen-bond acceptors (Lipinski definition) is 8. The SMILES string of the molecule is COc1cc(F)c(CN2CCCOc3cc(ccc3OC)-c3nccn3CCNC(=O)[C@H](Cc3ccccc3)NC(=O)C2)cc1OC. The van der Waals surface area contributed by atoms with Gasteiger partial charge < -0.3 is 34.1 Å². The molecule has 12 heteroatoms. The van der Waals surface area contributed by atoms with Gasteiger partial charge >= 0.3 is 0 Å². The number of hydrogen-bond donors (Lipinski definition) is 2. The van der Waals surface area contributed by atoms with Crippen molar-refractivity contribution in [1.82, 2.24) is 25.1 Å². The van der Waals surface area contributed by atoms with Crippen LogP contribution >= 0.6 is 0 Å². The monoisotopic (exact) mass is 645 g/mol. The maximum Gasteiger partial charge on any atom is 0.242 e. The number of fused-ring (bicyclic) bond motifs is 4. The highest BCUT2D eigenvalue weighted by molar-refractivity contribution is 5.88. The predicted octanol–water partition coefficient (Wildman–Crippen LogP) is 3.84. The number of amides is 2. The molecule has 2 bridgehead atoms. The molecule has 4 aromatic rings. The van der Waals surface area contributed by atoms with Gasteiger partial charge in [-0.3, -0.25) is 14.5 Å². The van der Waals surface area contributed by atoms with E-state index in [0.717, 1.165) is 11.1 Å². The lowest BCUT2D eigenvalue weighted by atomic mass is 10.1. The molecule has 0 saturated carbocycles. The summed E-state index contributed by atoms with van der Waals surface area (Å²) in [4.78, 5) is 33.4. The number of carbonyl (C=O) groups excluding carboxylic acids is 2. The van der Waals surface area contributed by atoms with Gasteiger partial charge in [-0.05, 0) is 36.2 Å². The quantitative estimate of drug-likeness (QED) is 0.312. The van der Waals surface area contributed by atoms with Crippen LogP contribution in [0.5, 0.6) is 23.0 Å². The zero-order valence-corrected chi connectivity index (χ0v) is 26.8. The number of benzene rings is 3. The molecule has 3 aromatic carbocycles. The second-order valence-electron chi connectivity index (χ2n) is 11.1. The molecular formula is C35H40FN5O6. The topological polar surface area (TPSA) is 116 Å². The minimum Gasteiger partial charge on any atom is -0.493 e. The number of halogens is 1. The fourth-order valence-electron chi connectivity index (χ4n) is 5.55. The molecule has 5 rings (SSSR count). The van der Waals surface area contributed by atoms with Gasteiger partial charge in [0.15, 0.2) is 23.0 Å². The average molecular weight is 646 g/mol. The lowest BCUT2D eigenvalue weighted by Gasteiger charge is -2.25. The fraction of sp³-hybridized carbons (Fsp3) is 0.343. The van der Waals surface area contributed by atoms with Crippen LogP contribution in [0.4, 0.5) is 4.39 Å². The first-order valence-electron chi connectivity index (χ1n) is 15.4. The molecule has 11 nitrogen and oxygen atoms in total. The van der Waals surface area contributed by atoms with Crippen molar-refractivity contribution >= 4 is 11.8 Å². The largest absolute Gasteiger partial charge is 0.493 e. The van der Waals surface area contributed by atoms with Gasteiger partial charge in [-0.25, -0.2) is 9.37 Å². The minimum atomic E-state index is -0.821. The smallest absolute Gasteiger partial charge is 0.242 e. The number of rotatable bonds is 7. The van der Waals surface area contributed by atoms with E-state index in [1.54, 1.807) is 19.4 Å². The van der Waals surface area contributed by atoms with Crippen LogP contribution in [0.25, 0.3) is 11.4 Å². The Morgan fingerprint density at radius 1 is 0.957 bits per heavy atom. The summed E-state index contributed by atoms with van der Waals surface area (Å²) in [6, 6.07) is 17.1. The van der Waals surface area contributed by atoms with Gasteiger partial charge in [-0.2, -0.15) is 0 Å². The highest BCUT2D eigenvalue weighted by atomic mass is 19.1. The van der Waals surface area contributed by atoms with E-state index in [9.17, 15) is 9.59 Å². The molecule has 2 heterocycles. The summed E-state index contributed by atoms with van der Waals surface area (Å²) in [6.07, 6.45) is 4.38. The molecule has 1 aliphatic rings. The molecule has 47 heavy (non-hydrogen) atoms. The van der Waals surface area contributed by atoms with Gasteiger partial charge in [0, 0.05) is 62.2 Å². The fourth-order valence-corrected chi connectivity index (χ4v) is 5.55. The first kappa shape index (κ1) is 33.3. The Bertz CT molecular complexity index is 1660. The minimum absolute atomic E-state index is 0.0798. The van der Waals surface area contributed by atoms with Crippen molar-refractivity contribution in [3.63, 3.8) is 0 Å². The lowest BCUT2D eigenvalue weighted by molar-refractivity contribution is -0.129. The van der Waals surface area contributed by atoms with Crippen LogP contribution < -0.4 is 29.6 Å². The molecule has 1 aliphatic heterocycles. The number of carbonyl (C=O) groups is 2. The van der Waals surface area contributed by atoms with E-state index < -0.39 is 11.9 Å². The van der Waals surface area contributed by atoms with Crippen LogP contribution in [0.3, 0.4) is 0 Å². The summed E-state index contributed by atoms with van der Waals surface area (Å²) in [5.41, 5.74) is 2.07. The van der Waals surface area contributed by atoms with Gasteiger partial charge in [0.05, 0.1) is 34.5 Å². The van der Waals surface area contributed by atoms with Crippen molar-refractivity contribution in [2.24, 2.45) is 0 Å². The average Bonchev–Trinajstić information content (AvgIpc) is 3.55. The van der Waals surface area contributed by atoms with Crippen molar-refractivity contribution in [1.29, 1.82) is 0 Å². The summed E-state index contributed by atoms with van der Waals surface area (Å²) < 4.78 is 39.5. The van der Waals surface area contributed by atoms with Crippen LogP contribution in [0, 0.1) is 5.82 Å². The Kier molecular flexibility index (Phi) is 11.3. The van der Waals surface area contributed by atoms with Crippen LogP contribution in [-0.2, 0) is 29.1 Å². The Morgan fingerprint density at radius 3 is 2.49 bits per heavy atom. The van der Waals surface area contributed by atoms with Crippen LogP contribution in [-0.4, -0.2) is 79.9 Å². The van der Waals surface area contributed by atoms with Crippen molar-refractivity contribution in [2.75, 3.05) is 47.6 Å². The summed E-state index contributed by atoms with van der Waals surface area (Å²) in [5, 5.41) is 5.91. The van der Waals surface area contributed by atoms with Gasteiger partial charge in [0.25, 0.3) is 0 Å². The highest BCUT2D eigenvalue weighted by Gasteiger charge is 2.24. The van der Waals surface area contributed by atoms with Crippen LogP contribution in [0.2, 0.25) is 0 Å². The van der Waals surface area contributed by atoms with E-state index in [0.29, 0.717) is 67.7 Å². The second kappa shape index (κ2) is 15.9. The van der Waals surface area contributed by atoms with Crippen LogP contribution in [0.15, 0.2) is 73.1 Å². The molecule has 2 amide bonds. The third-order valence-corrected chi connectivity index (χ3v) is 7.91. The summed E-state index contributed by atoms with van der Waals surface area (Å²) in [5.74, 6) is 1.33. The number of methoxy groups -OCH3 is 3. The standard InChI is InChI=1S/C35H40FN5O6/c1-44-29-11-10-25-19-32(29)47-17-7-14-40(22-26-20-30(45-2)31(46-3)21-27(26)36)23-33(42)39-28(18-24-8-5-4-6-9-24)35(43)38-13-16-41-15-12-37-34(25)41/h4-6,8-12,15,19-21,28H,7,13-14,16-18,22-23H2,1-3H3,(H,38,43)(H,39,42)/t28-/m0/s1. The summed E-state index contributed by atoms with van der Waals surface area (Å²) in [6.45, 7) is 1.50. The van der Waals surface area contributed by atoms with Crippen molar-refractivity contribution in [3.8, 4) is 34.4 Å². The van der Waals surface area contributed by atoms with Crippen LogP contribution in [0.1, 0.15) is 17.5 Å². The Labute approximate surface area is 273 Å². The zero-order valence-electron chi connectivity index (χ0n) is 26.8. The lowest BCUT2D eigenvalue weighted by Crippen LogP contribution is -2.51. The molecule has 0 saturated heterocycles. The van der Waals surface area contributed by atoms with Crippen molar-refractivity contribution < 1.29 is 32.9 Å². The van der Waals surface area contributed by atoms with Gasteiger partial charge in [-0.15, -0.1) is 0 Å². The van der Waals surface area contributed by atoms with E-state index >= 15 is 4.39 Å². The summed E-state index contributed by atoms with van der Waals surface area (Å²) >= 11 is 0. The van der Waals surface area contributed by atoms with Gasteiger partial charge in [0.2, 0.25) is 11.8 Å². The molecule has 248 valence electrons. The first-order valence-corrected chi connectivity index (χ1v) is 15.4. The number of nitrogens with one attached hydrogen (secondary N) is 2. The first-order chi connectivity index (χ1) is 22.9. The molecule has 1 aromatic heterocycles. The molecule has 0 aliphatic carbocycles. The Hall–Kier alpha value is -5.10. The molecule has 0 unspecified atom stereocenters. The maximum absolute atomic E-state index is 15.2. The third kappa shape index (κ3) is 8.59. The molecule has 0 fully saturated rings. The van der Waals surface area contributed by atoms with E-state index in [-0.39, 0.29) is 30.7 Å². The van der Waals surface area contributed by atoms with Crippen molar-refractivity contribution in [3.05, 3.63) is 90.0 Å². The molecule has 0 radical (unpaired) electrons.